The molecule has 1 rings (SSSR count). The molecule has 0 heterocycles. The molecule has 0 spiro atoms. The van der Waals surface area contributed by atoms with Crippen molar-refractivity contribution in [3.05, 3.63) is 35.9 Å². The molecule has 5 heteroatoms. The van der Waals surface area contributed by atoms with Gasteiger partial charge >= 0.3 is 5.97 Å². The fourth-order valence-corrected chi connectivity index (χ4v) is 1.44. The van der Waals surface area contributed by atoms with Crippen LogP contribution in [0, 0.1) is 0 Å². The summed E-state index contributed by atoms with van der Waals surface area (Å²) in [6.45, 7) is 3.56. The predicted octanol–water partition coefficient (Wildman–Crippen LogP) is 0.754. The van der Waals surface area contributed by atoms with E-state index in [0.29, 0.717) is 5.56 Å². The maximum absolute atomic E-state index is 11.8. The van der Waals surface area contributed by atoms with Gasteiger partial charge in [-0.25, -0.2) is 4.79 Å². The molecule has 1 unspecified atom stereocenters. The molecule has 2 atom stereocenters. The lowest BCUT2D eigenvalue weighted by Gasteiger charge is -2.16. The predicted molar refractivity (Wildman–Crippen MR) is 67.6 cm³/mol. The number of hydrogen-bond acceptors (Lipinski definition) is 4. The van der Waals surface area contributed by atoms with Crippen molar-refractivity contribution in [2.75, 3.05) is 6.61 Å². The molecule has 5 nitrogen and oxygen atoms in total. The first-order valence-corrected chi connectivity index (χ1v) is 5.83. The van der Waals surface area contributed by atoms with Crippen LogP contribution in [-0.4, -0.2) is 24.5 Å². The molecular formula is C13H18N2O3. The van der Waals surface area contributed by atoms with Crippen molar-refractivity contribution in [3.63, 3.8) is 0 Å². The van der Waals surface area contributed by atoms with E-state index >= 15 is 0 Å². The molecule has 1 aromatic carbocycles. The van der Waals surface area contributed by atoms with Gasteiger partial charge in [-0.3, -0.25) is 4.79 Å². The largest absolute Gasteiger partial charge is 0.464 e. The summed E-state index contributed by atoms with van der Waals surface area (Å²) in [5.41, 5.74) is 6.50. The molecule has 0 fully saturated rings. The third kappa shape index (κ3) is 3.85. The highest BCUT2D eigenvalue weighted by Gasteiger charge is 2.21. The number of nitrogens with one attached hydrogen (secondary N) is 1. The molecule has 0 radical (unpaired) electrons. The maximum Gasteiger partial charge on any atom is 0.328 e. The van der Waals surface area contributed by atoms with Crippen molar-refractivity contribution in [1.29, 1.82) is 0 Å². The summed E-state index contributed by atoms with van der Waals surface area (Å²) in [5, 5.41) is 2.52. The molecule has 0 saturated carbocycles. The van der Waals surface area contributed by atoms with Gasteiger partial charge in [0.05, 0.1) is 6.61 Å². The third-order valence-electron chi connectivity index (χ3n) is 2.44. The SMILES string of the molecule is CCOC(=O)C(C)NC(=O)[C@H](N)c1ccccc1. The highest BCUT2D eigenvalue weighted by atomic mass is 16.5. The van der Waals surface area contributed by atoms with Crippen LogP contribution in [0.4, 0.5) is 0 Å². The normalized spacial score (nSPS) is 13.5. The zero-order valence-corrected chi connectivity index (χ0v) is 10.6. The van der Waals surface area contributed by atoms with E-state index in [4.69, 9.17) is 10.5 Å². The van der Waals surface area contributed by atoms with Crippen LogP contribution in [0.15, 0.2) is 30.3 Å². The van der Waals surface area contributed by atoms with Crippen molar-refractivity contribution in [3.8, 4) is 0 Å². The Morgan fingerprint density at radius 2 is 1.94 bits per heavy atom. The summed E-state index contributed by atoms with van der Waals surface area (Å²) in [6.07, 6.45) is 0. The molecule has 0 aliphatic carbocycles. The summed E-state index contributed by atoms with van der Waals surface area (Å²) >= 11 is 0. The van der Waals surface area contributed by atoms with Crippen molar-refractivity contribution in [2.24, 2.45) is 5.73 Å². The summed E-state index contributed by atoms with van der Waals surface area (Å²) in [5.74, 6) is -0.868. The van der Waals surface area contributed by atoms with Gasteiger partial charge in [-0.05, 0) is 19.4 Å². The fraction of sp³-hybridized carbons (Fsp3) is 0.385. The highest BCUT2D eigenvalue weighted by molar-refractivity contribution is 5.87. The van der Waals surface area contributed by atoms with Crippen molar-refractivity contribution < 1.29 is 14.3 Å². The summed E-state index contributed by atoms with van der Waals surface area (Å²) in [6, 6.07) is 7.48. The highest BCUT2D eigenvalue weighted by Crippen LogP contribution is 2.09. The van der Waals surface area contributed by atoms with E-state index in [1.54, 1.807) is 38.1 Å². The number of esters is 1. The number of nitrogens with two attached hydrogens (primary N) is 1. The second kappa shape index (κ2) is 6.76. The Kier molecular flexibility index (Phi) is 5.32. The number of carbonyl (C=O) groups excluding carboxylic acids is 2. The van der Waals surface area contributed by atoms with Gasteiger partial charge in [0.15, 0.2) is 0 Å². The van der Waals surface area contributed by atoms with E-state index in [9.17, 15) is 9.59 Å². The molecular weight excluding hydrogens is 232 g/mol. The van der Waals surface area contributed by atoms with Crippen LogP contribution in [0.1, 0.15) is 25.5 Å². The Morgan fingerprint density at radius 3 is 2.50 bits per heavy atom. The summed E-state index contributed by atoms with van der Waals surface area (Å²) < 4.78 is 4.80. The quantitative estimate of drug-likeness (QED) is 0.756. The first kappa shape index (κ1) is 14.2. The molecule has 3 N–H and O–H groups in total. The molecule has 0 saturated heterocycles. The molecule has 18 heavy (non-hydrogen) atoms. The first-order chi connectivity index (χ1) is 8.56. The van der Waals surface area contributed by atoms with Crippen molar-refractivity contribution in [2.45, 2.75) is 25.9 Å². The first-order valence-electron chi connectivity index (χ1n) is 5.83. The maximum atomic E-state index is 11.8. The molecule has 0 aliphatic rings. The van der Waals surface area contributed by atoms with Crippen LogP contribution >= 0.6 is 0 Å². The third-order valence-corrected chi connectivity index (χ3v) is 2.44. The average molecular weight is 250 g/mol. The van der Waals surface area contributed by atoms with Gasteiger partial charge in [0.2, 0.25) is 5.91 Å². The lowest BCUT2D eigenvalue weighted by Crippen LogP contribution is -2.43. The van der Waals surface area contributed by atoms with Crippen molar-refractivity contribution in [1.82, 2.24) is 5.32 Å². The van der Waals surface area contributed by atoms with Crippen LogP contribution in [0.5, 0.6) is 0 Å². The van der Waals surface area contributed by atoms with E-state index in [0.717, 1.165) is 0 Å². The van der Waals surface area contributed by atoms with Gasteiger partial charge in [0.25, 0.3) is 0 Å². The van der Waals surface area contributed by atoms with Gasteiger partial charge in [-0.2, -0.15) is 0 Å². The van der Waals surface area contributed by atoms with Crippen LogP contribution in [0.2, 0.25) is 0 Å². The topological polar surface area (TPSA) is 81.4 Å². The number of benzene rings is 1. The van der Waals surface area contributed by atoms with Crippen LogP contribution in [-0.2, 0) is 14.3 Å². The minimum atomic E-state index is -0.789. The smallest absolute Gasteiger partial charge is 0.328 e. The lowest BCUT2D eigenvalue weighted by molar-refractivity contribution is -0.147. The molecule has 1 amide bonds. The number of carbonyl (C=O) groups is 2. The Labute approximate surface area is 106 Å². The van der Waals surface area contributed by atoms with E-state index < -0.39 is 24.0 Å². The summed E-state index contributed by atoms with van der Waals surface area (Å²) in [7, 11) is 0. The summed E-state index contributed by atoms with van der Waals surface area (Å²) in [4.78, 5) is 23.2. The Balaban J connectivity index is 2.58. The minimum absolute atomic E-state index is 0.282. The van der Waals surface area contributed by atoms with E-state index in [1.807, 2.05) is 6.07 Å². The Bertz CT molecular complexity index is 406. The van der Waals surface area contributed by atoms with Crippen LogP contribution in [0.3, 0.4) is 0 Å². The fourth-order valence-electron chi connectivity index (χ4n) is 1.44. The van der Waals surface area contributed by atoms with Gasteiger partial charge in [0.1, 0.15) is 12.1 Å². The van der Waals surface area contributed by atoms with Gasteiger partial charge in [-0.1, -0.05) is 30.3 Å². The zero-order chi connectivity index (χ0) is 13.5. The average Bonchev–Trinajstić information content (AvgIpc) is 2.39. The molecule has 0 aromatic heterocycles. The number of ether oxygens (including phenoxy) is 1. The molecule has 0 aliphatic heterocycles. The standard InChI is InChI=1S/C13H18N2O3/c1-3-18-13(17)9(2)15-12(16)11(14)10-7-5-4-6-8-10/h4-9,11H,3,14H2,1-2H3,(H,15,16)/t9?,11-/m1/s1. The lowest BCUT2D eigenvalue weighted by atomic mass is 10.1. The van der Waals surface area contributed by atoms with Crippen molar-refractivity contribution >= 4 is 11.9 Å². The van der Waals surface area contributed by atoms with E-state index in [2.05, 4.69) is 5.32 Å². The van der Waals surface area contributed by atoms with E-state index in [-0.39, 0.29) is 6.61 Å². The van der Waals surface area contributed by atoms with Crippen LogP contribution < -0.4 is 11.1 Å². The Hall–Kier alpha value is -1.88. The monoisotopic (exact) mass is 250 g/mol. The van der Waals surface area contributed by atoms with Crippen LogP contribution in [0.25, 0.3) is 0 Å². The van der Waals surface area contributed by atoms with Gasteiger partial charge < -0.3 is 15.8 Å². The zero-order valence-electron chi connectivity index (χ0n) is 10.6. The van der Waals surface area contributed by atoms with E-state index in [1.165, 1.54) is 0 Å². The minimum Gasteiger partial charge on any atom is -0.464 e. The Morgan fingerprint density at radius 1 is 1.33 bits per heavy atom. The number of hydrogen-bond donors (Lipinski definition) is 2. The molecule has 98 valence electrons. The second-order valence-electron chi connectivity index (χ2n) is 3.87. The van der Waals surface area contributed by atoms with Gasteiger partial charge in [0, 0.05) is 0 Å². The molecule has 1 aromatic rings. The molecule has 0 bridgehead atoms. The van der Waals surface area contributed by atoms with Gasteiger partial charge in [-0.15, -0.1) is 0 Å². The number of amides is 1. The number of rotatable bonds is 5. The second-order valence-corrected chi connectivity index (χ2v) is 3.87.